The number of nitrogens with one attached hydrogen (secondary N) is 1. The fourth-order valence-corrected chi connectivity index (χ4v) is 1.98. The maximum absolute atomic E-state index is 11.8. The van der Waals surface area contributed by atoms with Crippen LogP contribution in [0.15, 0.2) is 41.7 Å². The summed E-state index contributed by atoms with van der Waals surface area (Å²) in [5.74, 6) is 1.09. The Labute approximate surface area is 126 Å². The SMILES string of the molecule is CC(C)(C)OC(=O)Nc1cc2cc(-c3cnco3)cn2cn1. The smallest absolute Gasteiger partial charge is 0.413 e. The zero-order valence-electron chi connectivity index (χ0n) is 12.5. The van der Waals surface area contributed by atoms with E-state index in [0.717, 1.165) is 11.1 Å². The largest absolute Gasteiger partial charge is 0.444 e. The average molecular weight is 300 g/mol. The molecule has 1 amide bonds. The number of ether oxygens (including phenoxy) is 1. The third kappa shape index (κ3) is 3.08. The molecule has 0 unspecified atom stereocenters. The predicted octanol–water partition coefficient (Wildman–Crippen LogP) is 3.34. The lowest BCUT2D eigenvalue weighted by molar-refractivity contribution is 0.0635. The van der Waals surface area contributed by atoms with Gasteiger partial charge in [-0.15, -0.1) is 0 Å². The first-order valence-electron chi connectivity index (χ1n) is 6.77. The maximum atomic E-state index is 11.8. The van der Waals surface area contributed by atoms with Crippen molar-refractivity contribution in [2.75, 3.05) is 5.32 Å². The van der Waals surface area contributed by atoms with Crippen LogP contribution in [0.25, 0.3) is 16.8 Å². The van der Waals surface area contributed by atoms with E-state index in [2.05, 4.69) is 15.3 Å². The molecule has 0 fully saturated rings. The summed E-state index contributed by atoms with van der Waals surface area (Å²) in [6.45, 7) is 5.42. The number of carbonyl (C=O) groups excluding carboxylic acids is 1. The van der Waals surface area contributed by atoms with Gasteiger partial charge in [-0.1, -0.05) is 0 Å². The minimum absolute atomic E-state index is 0.420. The number of nitrogens with zero attached hydrogens (tertiary/aromatic N) is 3. The van der Waals surface area contributed by atoms with E-state index in [1.807, 2.05) is 16.7 Å². The van der Waals surface area contributed by atoms with E-state index in [1.54, 1.807) is 39.4 Å². The molecule has 0 saturated carbocycles. The van der Waals surface area contributed by atoms with E-state index in [4.69, 9.17) is 9.15 Å². The molecule has 0 atom stereocenters. The van der Waals surface area contributed by atoms with Crippen LogP contribution in [0.2, 0.25) is 0 Å². The summed E-state index contributed by atoms with van der Waals surface area (Å²) >= 11 is 0. The Morgan fingerprint density at radius 3 is 2.86 bits per heavy atom. The average Bonchev–Trinajstić information content (AvgIpc) is 3.04. The summed E-state index contributed by atoms with van der Waals surface area (Å²) in [6.07, 6.45) is 5.97. The zero-order valence-corrected chi connectivity index (χ0v) is 12.5. The van der Waals surface area contributed by atoms with Crippen molar-refractivity contribution in [3.8, 4) is 11.3 Å². The van der Waals surface area contributed by atoms with Crippen molar-refractivity contribution >= 4 is 17.4 Å². The fourth-order valence-electron chi connectivity index (χ4n) is 1.98. The standard InChI is InChI=1S/C15H16N4O3/c1-15(2,3)22-14(20)18-13-5-11-4-10(7-19(11)8-17-13)12-6-16-9-21-12/h4-9H,1-3H3,(H,18,20). The number of fused-ring (bicyclic) bond motifs is 1. The van der Waals surface area contributed by atoms with E-state index >= 15 is 0 Å². The van der Waals surface area contributed by atoms with Crippen molar-refractivity contribution < 1.29 is 13.9 Å². The quantitative estimate of drug-likeness (QED) is 0.785. The van der Waals surface area contributed by atoms with Gasteiger partial charge in [0, 0.05) is 17.8 Å². The van der Waals surface area contributed by atoms with E-state index in [-0.39, 0.29) is 0 Å². The van der Waals surface area contributed by atoms with E-state index in [0.29, 0.717) is 11.6 Å². The summed E-state index contributed by atoms with van der Waals surface area (Å²) in [6, 6.07) is 3.67. The molecule has 0 aliphatic carbocycles. The lowest BCUT2D eigenvalue weighted by atomic mass is 10.2. The molecule has 3 aromatic rings. The molecule has 3 heterocycles. The fraction of sp³-hybridized carbons (Fsp3) is 0.267. The number of rotatable bonds is 2. The first kappa shape index (κ1) is 14.1. The van der Waals surface area contributed by atoms with Crippen LogP contribution < -0.4 is 5.32 Å². The Hall–Kier alpha value is -2.83. The second-order valence-electron chi connectivity index (χ2n) is 5.83. The van der Waals surface area contributed by atoms with Crippen LogP contribution in [0.5, 0.6) is 0 Å². The molecule has 114 valence electrons. The van der Waals surface area contributed by atoms with Gasteiger partial charge in [0.15, 0.2) is 12.2 Å². The monoisotopic (exact) mass is 300 g/mol. The molecular formula is C15H16N4O3. The van der Waals surface area contributed by atoms with Crippen LogP contribution in [0, 0.1) is 0 Å². The maximum Gasteiger partial charge on any atom is 0.413 e. The molecule has 7 heteroatoms. The lowest BCUT2D eigenvalue weighted by Gasteiger charge is -2.19. The van der Waals surface area contributed by atoms with Crippen LogP contribution in [0.1, 0.15) is 20.8 Å². The van der Waals surface area contributed by atoms with Crippen LogP contribution in [-0.2, 0) is 4.74 Å². The van der Waals surface area contributed by atoms with Gasteiger partial charge in [-0.2, -0.15) is 0 Å². The molecular weight excluding hydrogens is 284 g/mol. The number of amides is 1. The van der Waals surface area contributed by atoms with Gasteiger partial charge < -0.3 is 13.6 Å². The Morgan fingerprint density at radius 1 is 1.36 bits per heavy atom. The Morgan fingerprint density at radius 2 is 2.18 bits per heavy atom. The van der Waals surface area contributed by atoms with Gasteiger partial charge in [0.25, 0.3) is 0 Å². The van der Waals surface area contributed by atoms with Gasteiger partial charge >= 0.3 is 6.09 Å². The van der Waals surface area contributed by atoms with Crippen LogP contribution in [-0.4, -0.2) is 26.1 Å². The molecule has 0 aliphatic heterocycles. The predicted molar refractivity (Wildman–Crippen MR) is 80.5 cm³/mol. The molecule has 0 spiro atoms. The number of anilines is 1. The van der Waals surface area contributed by atoms with Crippen LogP contribution in [0.3, 0.4) is 0 Å². The third-order valence-corrected chi connectivity index (χ3v) is 2.83. The van der Waals surface area contributed by atoms with Crippen molar-refractivity contribution in [1.82, 2.24) is 14.4 Å². The normalized spacial score (nSPS) is 11.6. The number of aromatic nitrogens is 3. The molecule has 7 nitrogen and oxygen atoms in total. The molecule has 0 saturated heterocycles. The molecule has 0 bridgehead atoms. The lowest BCUT2D eigenvalue weighted by Crippen LogP contribution is -2.27. The van der Waals surface area contributed by atoms with E-state index < -0.39 is 11.7 Å². The van der Waals surface area contributed by atoms with Crippen LogP contribution >= 0.6 is 0 Å². The summed E-state index contributed by atoms with van der Waals surface area (Å²) in [4.78, 5) is 19.8. The van der Waals surface area contributed by atoms with E-state index in [9.17, 15) is 4.79 Å². The van der Waals surface area contributed by atoms with Gasteiger partial charge in [-0.25, -0.2) is 14.8 Å². The second-order valence-corrected chi connectivity index (χ2v) is 5.83. The van der Waals surface area contributed by atoms with Gasteiger partial charge in [-0.3, -0.25) is 5.32 Å². The topological polar surface area (TPSA) is 81.7 Å². The van der Waals surface area contributed by atoms with Gasteiger partial charge in [0.2, 0.25) is 0 Å². The van der Waals surface area contributed by atoms with Gasteiger partial charge in [-0.05, 0) is 26.8 Å². The molecule has 3 aromatic heterocycles. The summed E-state index contributed by atoms with van der Waals surface area (Å²) < 4.78 is 12.3. The molecule has 1 N–H and O–H groups in total. The van der Waals surface area contributed by atoms with Gasteiger partial charge in [0.05, 0.1) is 11.7 Å². The van der Waals surface area contributed by atoms with Crippen molar-refractivity contribution in [3.05, 3.63) is 37.2 Å². The number of hydrogen-bond acceptors (Lipinski definition) is 5. The molecule has 22 heavy (non-hydrogen) atoms. The summed E-state index contributed by atoms with van der Waals surface area (Å²) in [5, 5.41) is 2.61. The summed E-state index contributed by atoms with van der Waals surface area (Å²) in [7, 11) is 0. The Balaban J connectivity index is 1.82. The van der Waals surface area contributed by atoms with Crippen molar-refractivity contribution in [1.29, 1.82) is 0 Å². The van der Waals surface area contributed by atoms with Crippen molar-refractivity contribution in [2.45, 2.75) is 26.4 Å². The number of carbonyl (C=O) groups is 1. The minimum Gasteiger partial charge on any atom is -0.444 e. The van der Waals surface area contributed by atoms with Crippen molar-refractivity contribution in [3.63, 3.8) is 0 Å². The van der Waals surface area contributed by atoms with E-state index in [1.165, 1.54) is 6.39 Å². The first-order valence-corrected chi connectivity index (χ1v) is 6.77. The molecule has 0 aliphatic rings. The first-order chi connectivity index (χ1) is 10.4. The third-order valence-electron chi connectivity index (χ3n) is 2.83. The highest BCUT2D eigenvalue weighted by molar-refractivity contribution is 5.84. The number of oxazole rings is 1. The Bertz CT molecular complexity index is 800. The minimum atomic E-state index is -0.553. The van der Waals surface area contributed by atoms with Crippen LogP contribution in [0.4, 0.5) is 10.6 Å². The molecule has 3 rings (SSSR count). The highest BCUT2D eigenvalue weighted by atomic mass is 16.6. The molecule has 0 aromatic carbocycles. The molecule has 0 radical (unpaired) electrons. The number of hydrogen-bond donors (Lipinski definition) is 1. The highest BCUT2D eigenvalue weighted by Gasteiger charge is 2.16. The summed E-state index contributed by atoms with van der Waals surface area (Å²) in [5.41, 5.74) is 1.20. The highest BCUT2D eigenvalue weighted by Crippen LogP contribution is 2.23. The van der Waals surface area contributed by atoms with Crippen molar-refractivity contribution in [2.24, 2.45) is 0 Å². The second kappa shape index (κ2) is 5.18. The zero-order chi connectivity index (χ0) is 15.7. The van der Waals surface area contributed by atoms with Gasteiger partial charge in [0.1, 0.15) is 17.7 Å². The Kier molecular flexibility index (Phi) is 3.32.